The van der Waals surface area contributed by atoms with Gasteiger partial charge in [0.05, 0.1) is 6.10 Å². The van der Waals surface area contributed by atoms with E-state index in [0.29, 0.717) is 0 Å². The summed E-state index contributed by atoms with van der Waals surface area (Å²) in [5.41, 5.74) is 10.1. The van der Waals surface area contributed by atoms with Crippen LogP contribution in [0.15, 0.2) is 0 Å². The van der Waals surface area contributed by atoms with Gasteiger partial charge in [-0.25, -0.2) is 0 Å². The van der Waals surface area contributed by atoms with E-state index in [0.717, 1.165) is 0 Å². The Morgan fingerprint density at radius 1 is 1.12 bits per heavy atom. The van der Waals surface area contributed by atoms with Crippen LogP contribution in [0.4, 0.5) is 0 Å². The Labute approximate surface area is 149 Å². The standard InChI is InChI=1S/C17H32N2O6/c1-8(2)12(18)15(20)23-7-11-14(17(6,22)10(5)24-11)25-16(21)13(19)9(3)4/h8-14,22H,7,18-19H2,1-6H3/t10-,11+,12?,13?,14+,17-/m0/s1. The lowest BCUT2D eigenvalue weighted by atomic mass is 9.93. The van der Waals surface area contributed by atoms with Gasteiger partial charge in [-0.2, -0.15) is 0 Å². The molecule has 0 bridgehead atoms. The maximum absolute atomic E-state index is 12.2. The van der Waals surface area contributed by atoms with Crippen molar-refractivity contribution in [3.05, 3.63) is 0 Å². The van der Waals surface area contributed by atoms with Crippen LogP contribution in [0, 0.1) is 11.8 Å². The van der Waals surface area contributed by atoms with Crippen LogP contribution in [-0.2, 0) is 23.8 Å². The zero-order valence-electron chi connectivity index (χ0n) is 15.9. The van der Waals surface area contributed by atoms with Gasteiger partial charge in [-0.15, -0.1) is 0 Å². The topological polar surface area (TPSA) is 134 Å². The number of carbonyl (C=O) groups is 2. The Kier molecular flexibility index (Phi) is 7.37. The Morgan fingerprint density at radius 3 is 2.08 bits per heavy atom. The van der Waals surface area contributed by atoms with Crippen molar-refractivity contribution in [3.63, 3.8) is 0 Å². The van der Waals surface area contributed by atoms with Crippen LogP contribution in [0.2, 0.25) is 0 Å². The molecular weight excluding hydrogens is 328 g/mol. The number of esters is 2. The quantitative estimate of drug-likeness (QED) is 0.538. The largest absolute Gasteiger partial charge is 0.462 e. The van der Waals surface area contributed by atoms with Crippen molar-refractivity contribution in [2.75, 3.05) is 6.61 Å². The van der Waals surface area contributed by atoms with Crippen molar-refractivity contribution in [1.82, 2.24) is 0 Å². The highest BCUT2D eigenvalue weighted by Crippen LogP contribution is 2.33. The van der Waals surface area contributed by atoms with Crippen molar-refractivity contribution in [3.8, 4) is 0 Å². The fourth-order valence-electron chi connectivity index (χ4n) is 2.41. The molecule has 0 radical (unpaired) electrons. The van der Waals surface area contributed by atoms with Gasteiger partial charge in [0, 0.05) is 0 Å². The van der Waals surface area contributed by atoms with Crippen LogP contribution in [0.3, 0.4) is 0 Å². The molecule has 2 unspecified atom stereocenters. The van der Waals surface area contributed by atoms with Crippen molar-refractivity contribution < 1.29 is 28.9 Å². The minimum absolute atomic E-state index is 0.0725. The summed E-state index contributed by atoms with van der Waals surface area (Å²) in [4.78, 5) is 24.1. The lowest BCUT2D eigenvalue weighted by Crippen LogP contribution is -2.51. The van der Waals surface area contributed by atoms with E-state index in [2.05, 4.69) is 0 Å². The van der Waals surface area contributed by atoms with E-state index < -0.39 is 47.9 Å². The van der Waals surface area contributed by atoms with E-state index in [1.807, 2.05) is 13.8 Å². The monoisotopic (exact) mass is 360 g/mol. The number of ether oxygens (including phenoxy) is 3. The first kappa shape index (κ1) is 21.8. The van der Waals surface area contributed by atoms with Crippen molar-refractivity contribution in [2.24, 2.45) is 23.3 Å². The fourth-order valence-corrected chi connectivity index (χ4v) is 2.41. The second-order valence-electron chi connectivity index (χ2n) is 7.57. The minimum atomic E-state index is -1.43. The molecule has 25 heavy (non-hydrogen) atoms. The Balaban J connectivity index is 2.80. The predicted molar refractivity (Wildman–Crippen MR) is 91.4 cm³/mol. The molecule has 1 rings (SSSR count). The van der Waals surface area contributed by atoms with Crippen molar-refractivity contribution in [2.45, 2.75) is 77.5 Å². The molecule has 8 nitrogen and oxygen atoms in total. The molecule has 1 saturated heterocycles. The highest BCUT2D eigenvalue weighted by Gasteiger charge is 2.54. The second kappa shape index (κ2) is 8.44. The smallest absolute Gasteiger partial charge is 0.323 e. The normalized spacial score (nSPS) is 31.9. The highest BCUT2D eigenvalue weighted by molar-refractivity contribution is 5.76. The van der Waals surface area contributed by atoms with E-state index in [1.54, 1.807) is 20.8 Å². The van der Waals surface area contributed by atoms with Gasteiger partial charge in [-0.05, 0) is 25.7 Å². The lowest BCUT2D eigenvalue weighted by molar-refractivity contribution is -0.167. The number of nitrogens with two attached hydrogens (primary N) is 2. The molecule has 0 spiro atoms. The molecule has 0 aromatic heterocycles. The average molecular weight is 360 g/mol. The molecule has 8 heteroatoms. The first-order valence-corrected chi connectivity index (χ1v) is 8.65. The number of carbonyl (C=O) groups excluding carboxylic acids is 2. The molecule has 1 aliphatic rings. The van der Waals surface area contributed by atoms with E-state index in [4.69, 9.17) is 25.7 Å². The van der Waals surface area contributed by atoms with Crippen molar-refractivity contribution >= 4 is 11.9 Å². The summed E-state index contributed by atoms with van der Waals surface area (Å²) >= 11 is 0. The van der Waals surface area contributed by atoms with Gasteiger partial charge in [-0.3, -0.25) is 9.59 Å². The number of aliphatic hydroxyl groups is 1. The first-order chi connectivity index (χ1) is 11.4. The summed E-state index contributed by atoms with van der Waals surface area (Å²) in [7, 11) is 0. The molecular formula is C17H32N2O6. The molecule has 0 amide bonds. The van der Waals surface area contributed by atoms with Crippen LogP contribution >= 0.6 is 0 Å². The first-order valence-electron chi connectivity index (χ1n) is 8.65. The Morgan fingerprint density at radius 2 is 1.60 bits per heavy atom. The fraction of sp³-hybridized carbons (Fsp3) is 0.882. The van der Waals surface area contributed by atoms with Crippen LogP contribution in [0.5, 0.6) is 0 Å². The predicted octanol–water partition coefficient (Wildman–Crippen LogP) is -0.0537. The highest BCUT2D eigenvalue weighted by atomic mass is 16.6. The van der Waals surface area contributed by atoms with Crippen LogP contribution in [0.25, 0.3) is 0 Å². The van der Waals surface area contributed by atoms with Gasteiger partial charge in [0.1, 0.15) is 30.4 Å². The van der Waals surface area contributed by atoms with Gasteiger partial charge >= 0.3 is 11.9 Å². The molecule has 5 N–H and O–H groups in total. The van der Waals surface area contributed by atoms with Crippen molar-refractivity contribution in [1.29, 1.82) is 0 Å². The van der Waals surface area contributed by atoms with Gasteiger partial charge < -0.3 is 30.8 Å². The number of hydrogen-bond donors (Lipinski definition) is 3. The summed E-state index contributed by atoms with van der Waals surface area (Å²) in [5, 5.41) is 10.6. The summed E-state index contributed by atoms with van der Waals surface area (Å²) in [5.74, 6) is -1.39. The van der Waals surface area contributed by atoms with E-state index in [-0.39, 0.29) is 18.4 Å². The molecule has 1 aliphatic heterocycles. The molecule has 1 heterocycles. The molecule has 146 valence electrons. The zero-order chi connectivity index (χ0) is 19.5. The van der Waals surface area contributed by atoms with Gasteiger partial charge in [0.15, 0.2) is 6.10 Å². The third kappa shape index (κ3) is 5.13. The average Bonchev–Trinajstić information content (AvgIpc) is 2.73. The van der Waals surface area contributed by atoms with Gasteiger partial charge in [-0.1, -0.05) is 27.7 Å². The Hall–Kier alpha value is -1.22. The van der Waals surface area contributed by atoms with E-state index in [1.165, 1.54) is 6.92 Å². The molecule has 0 aromatic carbocycles. The van der Waals surface area contributed by atoms with E-state index in [9.17, 15) is 14.7 Å². The maximum atomic E-state index is 12.2. The Bertz CT molecular complexity index is 480. The number of rotatable bonds is 7. The SMILES string of the molecule is CC(C)C(N)C(=O)OC[C@H]1O[C@@H](C)[C@](C)(O)[C@@H]1OC(=O)C(N)C(C)C. The van der Waals surface area contributed by atoms with Gasteiger partial charge in [0.25, 0.3) is 0 Å². The third-order valence-corrected chi connectivity index (χ3v) is 4.73. The van der Waals surface area contributed by atoms with E-state index >= 15 is 0 Å². The molecule has 0 aromatic rings. The summed E-state index contributed by atoms with van der Waals surface area (Å²) < 4.78 is 16.2. The minimum Gasteiger partial charge on any atom is -0.462 e. The summed E-state index contributed by atoms with van der Waals surface area (Å²) in [6, 6.07) is -1.57. The third-order valence-electron chi connectivity index (χ3n) is 4.73. The van der Waals surface area contributed by atoms with Gasteiger partial charge in [0.2, 0.25) is 0 Å². The molecule has 6 atom stereocenters. The molecule has 1 fully saturated rings. The molecule has 0 saturated carbocycles. The second-order valence-corrected chi connectivity index (χ2v) is 7.57. The van der Waals surface area contributed by atoms with Crippen LogP contribution in [0.1, 0.15) is 41.5 Å². The summed E-state index contributed by atoms with van der Waals surface area (Å²) in [6.07, 6.45) is -2.40. The molecule has 0 aliphatic carbocycles. The zero-order valence-corrected chi connectivity index (χ0v) is 15.9. The summed E-state index contributed by atoms with van der Waals surface area (Å²) in [6.45, 7) is 10.2. The number of hydrogen-bond acceptors (Lipinski definition) is 8. The lowest BCUT2D eigenvalue weighted by Gasteiger charge is -2.30. The van der Waals surface area contributed by atoms with Crippen LogP contribution < -0.4 is 11.5 Å². The maximum Gasteiger partial charge on any atom is 0.323 e. The van der Waals surface area contributed by atoms with Crippen LogP contribution in [-0.4, -0.2) is 59.6 Å².